The molecule has 0 amide bonds. The Balaban J connectivity index is 2.31. The zero-order valence-electron chi connectivity index (χ0n) is 24.3. The van der Waals surface area contributed by atoms with E-state index in [2.05, 4.69) is 0 Å². The number of ether oxygens (including phenoxy) is 6. The molecule has 2 aromatic rings. The fourth-order valence-electron chi connectivity index (χ4n) is 3.72. The van der Waals surface area contributed by atoms with Gasteiger partial charge in [-0.05, 0) is 63.4 Å². The van der Waals surface area contributed by atoms with Crippen molar-refractivity contribution in [3.63, 3.8) is 0 Å². The number of nitrogens with two attached hydrogens (primary N) is 1. The number of rotatable bonds is 13. The van der Waals surface area contributed by atoms with Gasteiger partial charge in [0.2, 0.25) is 0 Å². The Hall–Kier alpha value is -4.12. The monoisotopic (exact) mass is 573 g/mol. The van der Waals surface area contributed by atoms with Crippen LogP contribution < -0.4 is 15.2 Å². The number of carbonyl (C=O) groups is 4. The molecule has 0 fully saturated rings. The average molecular weight is 574 g/mol. The third-order valence-corrected chi connectivity index (χ3v) is 6.22. The predicted molar refractivity (Wildman–Crippen MR) is 149 cm³/mol. The normalized spacial score (nSPS) is 14.4. The third-order valence-electron chi connectivity index (χ3n) is 6.22. The van der Waals surface area contributed by atoms with Crippen molar-refractivity contribution in [3.05, 3.63) is 59.7 Å². The third kappa shape index (κ3) is 10.4. The van der Waals surface area contributed by atoms with Gasteiger partial charge < -0.3 is 34.2 Å². The maximum Gasteiger partial charge on any atom is 0.514 e. The van der Waals surface area contributed by atoms with Gasteiger partial charge in [-0.1, -0.05) is 38.1 Å². The molecule has 11 heteroatoms. The Bertz CT molecular complexity index is 1190. The van der Waals surface area contributed by atoms with Crippen LogP contribution in [-0.2, 0) is 30.2 Å². The maximum atomic E-state index is 12.8. The molecule has 0 heterocycles. The minimum absolute atomic E-state index is 0.0794. The van der Waals surface area contributed by atoms with Crippen molar-refractivity contribution >= 4 is 24.2 Å². The second-order valence-electron chi connectivity index (χ2n) is 9.77. The molecule has 2 unspecified atom stereocenters. The first-order valence-electron chi connectivity index (χ1n) is 13.4. The summed E-state index contributed by atoms with van der Waals surface area (Å²) < 4.78 is 31.4. The van der Waals surface area contributed by atoms with Crippen LogP contribution in [0.4, 0.5) is 9.59 Å². The SMILES string of the molecule is CCC(C)OC(=O)Oc1cc(C[C@](N)(CC(C)OC(=O)c2ccccc2)C(=O)OC)ccc1OC(=O)O[C@@H](C)CC. The lowest BCUT2D eigenvalue weighted by molar-refractivity contribution is -0.148. The van der Waals surface area contributed by atoms with Crippen molar-refractivity contribution in [2.75, 3.05) is 7.11 Å². The molecule has 0 aliphatic rings. The smallest absolute Gasteiger partial charge is 0.468 e. The van der Waals surface area contributed by atoms with Gasteiger partial charge in [0, 0.05) is 12.8 Å². The van der Waals surface area contributed by atoms with Crippen LogP contribution in [0.15, 0.2) is 48.5 Å². The highest BCUT2D eigenvalue weighted by Crippen LogP contribution is 2.32. The van der Waals surface area contributed by atoms with E-state index in [1.165, 1.54) is 19.2 Å². The maximum absolute atomic E-state index is 12.8. The number of carbonyl (C=O) groups excluding carboxylic acids is 4. The van der Waals surface area contributed by atoms with E-state index in [-0.39, 0.29) is 24.3 Å². The standard InChI is InChI=1S/C30H39NO10/c1-7-19(3)38-28(34)40-24-15-14-22(16-25(24)41-29(35)39-20(4)8-2)18-30(31,27(33)36-6)17-21(5)37-26(32)23-12-10-9-11-13-23/h9-16,19-21H,7-8,17-18,31H2,1-6H3/t19-,20?,21?,30+/m0/s1. The number of benzene rings is 2. The molecule has 0 bridgehead atoms. The highest BCUT2D eigenvalue weighted by atomic mass is 16.7. The van der Waals surface area contributed by atoms with Gasteiger partial charge in [-0.25, -0.2) is 14.4 Å². The average Bonchev–Trinajstić information content (AvgIpc) is 2.93. The summed E-state index contributed by atoms with van der Waals surface area (Å²) in [7, 11) is 1.20. The number of methoxy groups -OCH3 is 1. The largest absolute Gasteiger partial charge is 0.514 e. The van der Waals surface area contributed by atoms with Gasteiger partial charge in [0.15, 0.2) is 11.5 Å². The van der Waals surface area contributed by atoms with Gasteiger partial charge in [0.05, 0.1) is 12.7 Å². The number of hydrogen-bond acceptors (Lipinski definition) is 11. The molecule has 0 aliphatic carbocycles. The Morgan fingerprint density at radius 2 is 1.34 bits per heavy atom. The molecule has 11 nitrogen and oxygen atoms in total. The highest BCUT2D eigenvalue weighted by Gasteiger charge is 2.38. The fourth-order valence-corrected chi connectivity index (χ4v) is 3.72. The minimum atomic E-state index is -1.63. The molecule has 4 atom stereocenters. The van der Waals surface area contributed by atoms with Crippen LogP contribution in [0.1, 0.15) is 69.8 Å². The first-order chi connectivity index (χ1) is 19.4. The van der Waals surface area contributed by atoms with E-state index in [1.54, 1.807) is 57.2 Å². The molecule has 41 heavy (non-hydrogen) atoms. The van der Waals surface area contributed by atoms with Crippen LogP contribution in [0.25, 0.3) is 0 Å². The van der Waals surface area contributed by atoms with Crippen LogP contribution in [0.3, 0.4) is 0 Å². The molecule has 0 aliphatic heterocycles. The molecule has 0 spiro atoms. The summed E-state index contributed by atoms with van der Waals surface area (Å²) >= 11 is 0. The van der Waals surface area contributed by atoms with E-state index in [0.717, 1.165) is 0 Å². The van der Waals surface area contributed by atoms with Gasteiger partial charge in [0.1, 0.15) is 23.9 Å². The van der Waals surface area contributed by atoms with Gasteiger partial charge >= 0.3 is 24.2 Å². The zero-order valence-corrected chi connectivity index (χ0v) is 24.3. The lowest BCUT2D eigenvalue weighted by atomic mass is 9.86. The van der Waals surface area contributed by atoms with E-state index < -0.39 is 48.1 Å². The lowest BCUT2D eigenvalue weighted by Crippen LogP contribution is -2.53. The first-order valence-corrected chi connectivity index (χ1v) is 13.4. The second-order valence-corrected chi connectivity index (χ2v) is 9.77. The molecule has 2 N–H and O–H groups in total. The van der Waals surface area contributed by atoms with Crippen LogP contribution in [-0.4, -0.2) is 55.2 Å². The Morgan fingerprint density at radius 3 is 1.88 bits per heavy atom. The molecule has 224 valence electrons. The van der Waals surface area contributed by atoms with E-state index in [1.807, 2.05) is 13.8 Å². The number of hydrogen-bond donors (Lipinski definition) is 1. The van der Waals surface area contributed by atoms with Crippen molar-refractivity contribution in [1.29, 1.82) is 0 Å². The van der Waals surface area contributed by atoms with E-state index in [9.17, 15) is 19.2 Å². The summed E-state index contributed by atoms with van der Waals surface area (Å²) in [5.41, 5.74) is 5.69. The molecular formula is C30H39NO10. The second kappa shape index (κ2) is 15.6. The quantitative estimate of drug-likeness (QED) is 0.187. The number of esters is 2. The Morgan fingerprint density at radius 1 is 0.780 bits per heavy atom. The van der Waals surface area contributed by atoms with Crippen molar-refractivity contribution in [2.45, 2.75) is 84.2 Å². The van der Waals surface area contributed by atoms with Crippen molar-refractivity contribution in [1.82, 2.24) is 0 Å². The topological polar surface area (TPSA) is 150 Å². The van der Waals surface area contributed by atoms with Gasteiger partial charge in [0.25, 0.3) is 0 Å². The summed E-state index contributed by atoms with van der Waals surface area (Å²) in [4.78, 5) is 50.0. The van der Waals surface area contributed by atoms with Gasteiger partial charge in [-0.15, -0.1) is 0 Å². The van der Waals surface area contributed by atoms with Gasteiger partial charge in [-0.2, -0.15) is 0 Å². The van der Waals surface area contributed by atoms with Crippen LogP contribution >= 0.6 is 0 Å². The first kappa shape index (κ1) is 33.1. The molecule has 0 saturated heterocycles. The molecule has 0 radical (unpaired) electrons. The fraction of sp³-hybridized carbons (Fsp3) is 0.467. The van der Waals surface area contributed by atoms with Crippen molar-refractivity contribution < 1.29 is 47.6 Å². The molecular weight excluding hydrogens is 534 g/mol. The summed E-state index contributed by atoms with van der Waals surface area (Å²) in [5.74, 6) is -1.55. The summed E-state index contributed by atoms with van der Waals surface area (Å²) in [6, 6.07) is 12.7. The van der Waals surface area contributed by atoms with Crippen LogP contribution in [0.2, 0.25) is 0 Å². The molecule has 0 aromatic heterocycles. The Kier molecular flexibility index (Phi) is 12.6. The lowest BCUT2D eigenvalue weighted by Gasteiger charge is -2.29. The van der Waals surface area contributed by atoms with E-state index in [4.69, 9.17) is 34.2 Å². The van der Waals surface area contributed by atoms with Crippen LogP contribution in [0.5, 0.6) is 11.5 Å². The minimum Gasteiger partial charge on any atom is -0.468 e. The van der Waals surface area contributed by atoms with Crippen molar-refractivity contribution in [3.8, 4) is 11.5 Å². The summed E-state index contributed by atoms with van der Waals surface area (Å²) in [6.45, 7) is 8.70. The van der Waals surface area contributed by atoms with Gasteiger partial charge in [-0.3, -0.25) is 4.79 Å². The van der Waals surface area contributed by atoms with Crippen LogP contribution in [0, 0.1) is 0 Å². The molecule has 2 aromatic carbocycles. The summed E-state index contributed by atoms with van der Waals surface area (Å²) in [5, 5.41) is 0. The van der Waals surface area contributed by atoms with E-state index in [0.29, 0.717) is 24.0 Å². The Labute approximate surface area is 240 Å². The predicted octanol–water partition coefficient (Wildman–Crippen LogP) is 5.36. The highest BCUT2D eigenvalue weighted by molar-refractivity contribution is 5.89. The van der Waals surface area contributed by atoms with E-state index >= 15 is 0 Å². The molecule has 2 rings (SSSR count). The zero-order chi connectivity index (χ0) is 30.6. The summed E-state index contributed by atoms with van der Waals surface area (Å²) in [6.07, 6.45) is -2.60. The molecule has 0 saturated carbocycles. The van der Waals surface area contributed by atoms with Crippen molar-refractivity contribution in [2.24, 2.45) is 5.73 Å².